The second-order valence-electron chi connectivity index (χ2n) is 3.61. The lowest BCUT2D eigenvalue weighted by Crippen LogP contribution is -2.03. The molecule has 2 rings (SSSR count). The molecular weight excluding hydrogens is 202 g/mol. The van der Waals surface area contributed by atoms with Crippen molar-refractivity contribution in [1.82, 2.24) is 15.2 Å². The summed E-state index contributed by atoms with van der Waals surface area (Å²) in [6.45, 7) is 2.13. The molecule has 0 fully saturated rings. The van der Waals surface area contributed by atoms with E-state index in [4.69, 9.17) is 0 Å². The molecule has 0 bridgehead atoms. The Hall–Kier alpha value is -1.97. The lowest BCUT2D eigenvalue weighted by molar-refractivity contribution is 0.103. The van der Waals surface area contributed by atoms with Crippen molar-refractivity contribution in [3.63, 3.8) is 0 Å². The Balaban J connectivity index is 2.19. The van der Waals surface area contributed by atoms with Crippen LogP contribution in [0.15, 0.2) is 30.6 Å². The van der Waals surface area contributed by atoms with Crippen LogP contribution in [0.2, 0.25) is 0 Å². The average molecular weight is 215 g/mol. The van der Waals surface area contributed by atoms with Gasteiger partial charge in [-0.3, -0.25) is 9.89 Å². The van der Waals surface area contributed by atoms with Gasteiger partial charge in [-0.05, 0) is 12.0 Å². The molecule has 0 aliphatic heterocycles. The fourth-order valence-corrected chi connectivity index (χ4v) is 1.56. The van der Waals surface area contributed by atoms with Crippen LogP contribution in [0.4, 0.5) is 0 Å². The molecule has 0 aliphatic rings. The summed E-state index contributed by atoms with van der Waals surface area (Å²) >= 11 is 0. The van der Waals surface area contributed by atoms with Crippen LogP contribution in [0.3, 0.4) is 0 Å². The van der Waals surface area contributed by atoms with Crippen molar-refractivity contribution in [2.24, 2.45) is 0 Å². The highest BCUT2D eigenvalue weighted by atomic mass is 16.1. The van der Waals surface area contributed by atoms with E-state index in [1.54, 1.807) is 0 Å². The lowest BCUT2D eigenvalue weighted by Gasteiger charge is -2.00. The predicted octanol–water partition coefficient (Wildman–Crippen LogP) is 1.99. The van der Waals surface area contributed by atoms with Gasteiger partial charge in [0.1, 0.15) is 6.33 Å². The minimum Gasteiger partial charge on any atom is -0.285 e. The fraction of sp³-hybridized carbons (Fsp3) is 0.250. The number of carbonyl (C=O) groups excluding carboxylic acids is 1. The number of nitrogens with zero attached hydrogens (tertiary/aromatic N) is 2. The summed E-state index contributed by atoms with van der Waals surface area (Å²) in [7, 11) is 0. The van der Waals surface area contributed by atoms with E-state index in [1.165, 1.54) is 11.9 Å². The number of hydrogen-bond donors (Lipinski definition) is 1. The molecule has 4 heteroatoms. The summed E-state index contributed by atoms with van der Waals surface area (Å²) in [4.78, 5) is 15.7. The van der Waals surface area contributed by atoms with E-state index in [0.717, 1.165) is 12.8 Å². The van der Waals surface area contributed by atoms with Gasteiger partial charge >= 0.3 is 0 Å². The standard InChI is InChI=1S/C12H13N3O/c1-2-3-9-4-6-10(7-5-9)11(16)12-13-8-14-15-12/h4-8H,2-3H2,1H3,(H,13,14,15). The predicted molar refractivity (Wildman–Crippen MR) is 60.3 cm³/mol. The fourth-order valence-electron chi connectivity index (χ4n) is 1.56. The number of nitrogens with one attached hydrogen (secondary N) is 1. The minimum absolute atomic E-state index is 0.124. The number of ketones is 1. The first kappa shape index (κ1) is 10.5. The van der Waals surface area contributed by atoms with Crippen LogP contribution in [0.1, 0.15) is 35.1 Å². The largest absolute Gasteiger partial charge is 0.285 e. The number of hydrogen-bond acceptors (Lipinski definition) is 3. The second kappa shape index (κ2) is 4.70. The third-order valence-corrected chi connectivity index (χ3v) is 2.38. The van der Waals surface area contributed by atoms with Crippen LogP contribution in [0.25, 0.3) is 0 Å². The van der Waals surface area contributed by atoms with Crippen LogP contribution < -0.4 is 0 Å². The molecule has 16 heavy (non-hydrogen) atoms. The van der Waals surface area contributed by atoms with Crippen molar-refractivity contribution < 1.29 is 4.79 Å². The Bertz CT molecular complexity index is 460. The van der Waals surface area contributed by atoms with E-state index < -0.39 is 0 Å². The van der Waals surface area contributed by atoms with Crippen molar-refractivity contribution in [2.75, 3.05) is 0 Å². The topological polar surface area (TPSA) is 58.6 Å². The van der Waals surface area contributed by atoms with Gasteiger partial charge in [0.2, 0.25) is 5.78 Å². The highest BCUT2D eigenvalue weighted by Gasteiger charge is 2.11. The maximum Gasteiger partial charge on any atom is 0.229 e. The molecule has 1 N–H and O–H groups in total. The molecule has 0 atom stereocenters. The third kappa shape index (κ3) is 2.16. The van der Waals surface area contributed by atoms with Crippen molar-refractivity contribution in [2.45, 2.75) is 19.8 Å². The zero-order valence-corrected chi connectivity index (χ0v) is 9.10. The summed E-state index contributed by atoms with van der Waals surface area (Å²) in [5, 5.41) is 6.22. The quantitative estimate of drug-likeness (QED) is 0.793. The molecule has 0 spiro atoms. The maximum atomic E-state index is 11.8. The lowest BCUT2D eigenvalue weighted by atomic mass is 10.1. The van der Waals surface area contributed by atoms with E-state index in [2.05, 4.69) is 22.1 Å². The molecule has 1 aromatic heterocycles. The first-order valence-corrected chi connectivity index (χ1v) is 5.30. The van der Waals surface area contributed by atoms with E-state index in [1.807, 2.05) is 24.3 Å². The Morgan fingerprint density at radius 2 is 2.06 bits per heavy atom. The molecule has 82 valence electrons. The van der Waals surface area contributed by atoms with Gasteiger partial charge in [0, 0.05) is 5.56 Å². The Morgan fingerprint density at radius 1 is 1.31 bits per heavy atom. The highest BCUT2D eigenvalue weighted by molar-refractivity contribution is 6.06. The van der Waals surface area contributed by atoms with Gasteiger partial charge in [-0.2, -0.15) is 5.10 Å². The Kier molecular flexibility index (Phi) is 3.10. The minimum atomic E-state index is -0.124. The first-order valence-electron chi connectivity index (χ1n) is 5.30. The Labute approximate surface area is 93.7 Å². The number of H-pyrrole nitrogens is 1. The maximum absolute atomic E-state index is 11.8. The van der Waals surface area contributed by atoms with Crippen LogP contribution in [-0.2, 0) is 6.42 Å². The summed E-state index contributed by atoms with van der Waals surface area (Å²) < 4.78 is 0. The smallest absolute Gasteiger partial charge is 0.229 e. The molecule has 0 saturated heterocycles. The van der Waals surface area contributed by atoms with E-state index in [-0.39, 0.29) is 11.6 Å². The van der Waals surface area contributed by atoms with Gasteiger partial charge in [-0.15, -0.1) is 0 Å². The van der Waals surface area contributed by atoms with Crippen molar-refractivity contribution >= 4 is 5.78 Å². The van der Waals surface area contributed by atoms with Crippen molar-refractivity contribution in [1.29, 1.82) is 0 Å². The number of aromatic nitrogens is 3. The number of benzene rings is 1. The van der Waals surface area contributed by atoms with Gasteiger partial charge in [-0.1, -0.05) is 37.6 Å². The number of aromatic amines is 1. The monoisotopic (exact) mass is 215 g/mol. The van der Waals surface area contributed by atoms with E-state index in [9.17, 15) is 4.79 Å². The zero-order valence-electron chi connectivity index (χ0n) is 9.10. The van der Waals surface area contributed by atoms with Crippen LogP contribution >= 0.6 is 0 Å². The number of rotatable bonds is 4. The van der Waals surface area contributed by atoms with Crippen LogP contribution in [0.5, 0.6) is 0 Å². The van der Waals surface area contributed by atoms with Crippen molar-refractivity contribution in [3.05, 3.63) is 47.5 Å². The van der Waals surface area contributed by atoms with Gasteiger partial charge < -0.3 is 0 Å². The molecule has 0 aliphatic carbocycles. The zero-order chi connectivity index (χ0) is 11.4. The summed E-state index contributed by atoms with van der Waals surface area (Å²) in [6, 6.07) is 7.62. The van der Waals surface area contributed by atoms with Crippen LogP contribution in [0, 0.1) is 0 Å². The highest BCUT2D eigenvalue weighted by Crippen LogP contribution is 2.09. The molecule has 0 radical (unpaired) electrons. The second-order valence-corrected chi connectivity index (χ2v) is 3.61. The SMILES string of the molecule is CCCc1ccc(C(=O)c2ncn[nH]2)cc1. The van der Waals surface area contributed by atoms with Gasteiger partial charge in [0.05, 0.1) is 0 Å². The van der Waals surface area contributed by atoms with Gasteiger partial charge in [0.15, 0.2) is 5.82 Å². The molecule has 0 unspecified atom stereocenters. The van der Waals surface area contributed by atoms with E-state index in [0.29, 0.717) is 5.56 Å². The normalized spacial score (nSPS) is 10.3. The van der Waals surface area contributed by atoms with Gasteiger partial charge in [0.25, 0.3) is 0 Å². The molecule has 1 heterocycles. The van der Waals surface area contributed by atoms with Crippen LogP contribution in [-0.4, -0.2) is 21.0 Å². The molecular formula is C12H13N3O. The summed E-state index contributed by atoms with van der Waals surface area (Å²) in [5.41, 5.74) is 1.88. The summed E-state index contributed by atoms with van der Waals surface area (Å²) in [5.74, 6) is 0.156. The number of carbonyl (C=O) groups is 1. The molecule has 0 saturated carbocycles. The molecule has 1 aromatic carbocycles. The average Bonchev–Trinajstić information content (AvgIpc) is 2.83. The third-order valence-electron chi connectivity index (χ3n) is 2.38. The van der Waals surface area contributed by atoms with Crippen molar-refractivity contribution in [3.8, 4) is 0 Å². The molecule has 4 nitrogen and oxygen atoms in total. The van der Waals surface area contributed by atoms with E-state index >= 15 is 0 Å². The first-order chi connectivity index (χ1) is 7.81. The van der Waals surface area contributed by atoms with Gasteiger partial charge in [-0.25, -0.2) is 4.98 Å². The summed E-state index contributed by atoms with van der Waals surface area (Å²) in [6.07, 6.45) is 3.48. The Morgan fingerprint density at radius 3 is 2.62 bits per heavy atom. The molecule has 0 amide bonds. The molecule has 2 aromatic rings. The number of aryl methyl sites for hydroxylation is 1.